The van der Waals surface area contributed by atoms with Crippen LogP contribution >= 0.6 is 0 Å². The molecule has 7 heteroatoms. The van der Waals surface area contributed by atoms with E-state index in [9.17, 15) is 9.59 Å². The molecule has 1 amide bonds. The number of fused-ring (bicyclic) bond motifs is 2. The van der Waals surface area contributed by atoms with Crippen LogP contribution in [-0.4, -0.2) is 44.3 Å². The van der Waals surface area contributed by atoms with E-state index in [0.29, 0.717) is 54.4 Å². The monoisotopic (exact) mass is 465 g/mol. The molecule has 0 saturated carbocycles. The Labute approximate surface area is 199 Å². The average molecular weight is 466 g/mol. The van der Waals surface area contributed by atoms with E-state index in [1.54, 1.807) is 12.0 Å². The van der Waals surface area contributed by atoms with Gasteiger partial charge < -0.3 is 23.5 Å². The molecule has 0 spiro atoms. The van der Waals surface area contributed by atoms with Crippen molar-refractivity contribution in [2.24, 2.45) is 0 Å². The minimum Gasteiger partial charge on any atom is -0.490 e. The minimum absolute atomic E-state index is 0.0924. The van der Waals surface area contributed by atoms with Gasteiger partial charge >= 0.3 is 0 Å². The minimum atomic E-state index is -0.612. The van der Waals surface area contributed by atoms with Crippen molar-refractivity contribution < 1.29 is 23.4 Å². The number of ether oxygens (including phenoxy) is 3. The van der Waals surface area contributed by atoms with E-state index in [1.165, 1.54) is 0 Å². The number of amides is 1. The average Bonchev–Trinajstić information content (AvgIpc) is 3.09. The number of rotatable bonds is 9. The molecule has 1 aliphatic heterocycles. The second-order valence-electron chi connectivity index (χ2n) is 8.51. The summed E-state index contributed by atoms with van der Waals surface area (Å²) in [5.74, 6) is 0.991. The van der Waals surface area contributed by atoms with Gasteiger partial charge in [-0.25, -0.2) is 0 Å². The zero-order chi connectivity index (χ0) is 24.4. The van der Waals surface area contributed by atoms with Gasteiger partial charge in [0.05, 0.1) is 36.8 Å². The molecule has 1 aromatic heterocycles. The Kier molecular flexibility index (Phi) is 6.93. The Balaban J connectivity index is 1.92. The maximum atomic E-state index is 13.8. The summed E-state index contributed by atoms with van der Waals surface area (Å²) in [6.45, 7) is 9.44. The number of nitrogens with zero attached hydrogens (tertiary/aromatic N) is 1. The number of hydrogen-bond acceptors (Lipinski definition) is 6. The van der Waals surface area contributed by atoms with Crippen molar-refractivity contribution in [3.63, 3.8) is 0 Å². The highest BCUT2D eigenvalue weighted by molar-refractivity contribution is 5.99. The molecule has 0 bridgehead atoms. The molecular weight excluding hydrogens is 434 g/mol. The van der Waals surface area contributed by atoms with Crippen LogP contribution in [0.3, 0.4) is 0 Å². The molecule has 34 heavy (non-hydrogen) atoms. The molecule has 2 aromatic carbocycles. The SMILES string of the molecule is CCCOc1ccc(C2c3c(oc4c(C)cc(C)cc4c3=O)C(=O)N2CCOC)cc1OCC. The molecule has 1 unspecified atom stereocenters. The van der Waals surface area contributed by atoms with E-state index >= 15 is 0 Å². The second-order valence-corrected chi connectivity index (χ2v) is 8.51. The number of carbonyl (C=O) groups excluding carboxylic acids is 1. The summed E-state index contributed by atoms with van der Waals surface area (Å²) in [5, 5.41) is 0.482. The van der Waals surface area contributed by atoms with Gasteiger partial charge in [-0.05, 0) is 62.1 Å². The van der Waals surface area contributed by atoms with Gasteiger partial charge in [-0.15, -0.1) is 0 Å². The summed E-state index contributed by atoms with van der Waals surface area (Å²) < 4.78 is 23.1. The Bertz CT molecular complexity index is 1280. The third-order valence-electron chi connectivity index (χ3n) is 5.98. The van der Waals surface area contributed by atoms with Crippen molar-refractivity contribution in [2.45, 2.75) is 40.2 Å². The third kappa shape index (κ3) is 4.16. The molecule has 0 saturated heterocycles. The molecule has 2 heterocycles. The van der Waals surface area contributed by atoms with Gasteiger partial charge in [0.25, 0.3) is 5.91 Å². The lowest BCUT2D eigenvalue weighted by atomic mass is 9.97. The van der Waals surface area contributed by atoms with E-state index < -0.39 is 6.04 Å². The first-order chi connectivity index (χ1) is 16.4. The number of carbonyl (C=O) groups is 1. The summed E-state index contributed by atoms with van der Waals surface area (Å²) in [4.78, 5) is 28.9. The largest absolute Gasteiger partial charge is 0.490 e. The van der Waals surface area contributed by atoms with Gasteiger partial charge in [-0.2, -0.15) is 0 Å². The third-order valence-corrected chi connectivity index (χ3v) is 5.98. The van der Waals surface area contributed by atoms with Crippen molar-refractivity contribution in [3.8, 4) is 11.5 Å². The van der Waals surface area contributed by atoms with Crippen LogP contribution < -0.4 is 14.9 Å². The summed E-state index contributed by atoms with van der Waals surface area (Å²) in [6.07, 6.45) is 0.871. The molecule has 180 valence electrons. The lowest BCUT2D eigenvalue weighted by Gasteiger charge is -2.25. The quantitative estimate of drug-likeness (QED) is 0.452. The van der Waals surface area contributed by atoms with Crippen molar-refractivity contribution in [2.75, 3.05) is 33.5 Å². The molecule has 4 rings (SSSR count). The van der Waals surface area contributed by atoms with Crippen LogP contribution in [-0.2, 0) is 4.74 Å². The molecule has 0 fully saturated rings. The molecule has 3 aromatic rings. The molecule has 0 N–H and O–H groups in total. The molecular formula is C27H31NO6. The van der Waals surface area contributed by atoms with E-state index in [-0.39, 0.29) is 17.1 Å². The van der Waals surface area contributed by atoms with Crippen molar-refractivity contribution in [1.82, 2.24) is 4.90 Å². The van der Waals surface area contributed by atoms with Crippen LogP contribution in [0.2, 0.25) is 0 Å². The first kappa shape index (κ1) is 23.8. The first-order valence-electron chi connectivity index (χ1n) is 11.7. The number of aryl methyl sites for hydroxylation is 2. The fourth-order valence-corrected chi connectivity index (χ4v) is 4.54. The molecule has 7 nitrogen and oxygen atoms in total. The first-order valence-corrected chi connectivity index (χ1v) is 11.7. The fraction of sp³-hybridized carbons (Fsp3) is 0.407. The lowest BCUT2D eigenvalue weighted by molar-refractivity contribution is 0.0663. The number of hydrogen-bond donors (Lipinski definition) is 0. The van der Waals surface area contributed by atoms with Crippen LogP contribution in [0.1, 0.15) is 59.1 Å². The summed E-state index contributed by atoms with van der Waals surface area (Å²) in [5.41, 5.74) is 3.16. The highest BCUT2D eigenvalue weighted by Crippen LogP contribution is 2.41. The van der Waals surface area contributed by atoms with Gasteiger partial charge in [0.2, 0.25) is 5.76 Å². The summed E-state index contributed by atoms with van der Waals surface area (Å²) in [7, 11) is 1.58. The zero-order valence-electron chi connectivity index (χ0n) is 20.4. The van der Waals surface area contributed by atoms with Crippen molar-refractivity contribution in [3.05, 3.63) is 68.6 Å². The summed E-state index contributed by atoms with van der Waals surface area (Å²) >= 11 is 0. The lowest BCUT2D eigenvalue weighted by Crippen LogP contribution is -2.32. The molecule has 0 radical (unpaired) electrons. The fourth-order valence-electron chi connectivity index (χ4n) is 4.54. The zero-order valence-corrected chi connectivity index (χ0v) is 20.4. The Morgan fingerprint density at radius 1 is 1.00 bits per heavy atom. The Morgan fingerprint density at radius 2 is 1.79 bits per heavy atom. The van der Waals surface area contributed by atoms with Crippen LogP contribution in [0.5, 0.6) is 11.5 Å². The molecule has 1 aliphatic rings. The Hall–Kier alpha value is -3.32. The van der Waals surface area contributed by atoms with Crippen LogP contribution in [0.4, 0.5) is 0 Å². The molecule has 0 aliphatic carbocycles. The van der Waals surface area contributed by atoms with Crippen molar-refractivity contribution in [1.29, 1.82) is 0 Å². The highest BCUT2D eigenvalue weighted by Gasteiger charge is 2.43. The molecule has 1 atom stereocenters. The van der Waals surface area contributed by atoms with Crippen LogP contribution in [0.25, 0.3) is 11.0 Å². The Morgan fingerprint density at radius 3 is 2.50 bits per heavy atom. The van der Waals surface area contributed by atoms with Crippen molar-refractivity contribution >= 4 is 16.9 Å². The smallest absolute Gasteiger partial charge is 0.290 e. The topological polar surface area (TPSA) is 78.2 Å². The van der Waals surface area contributed by atoms with E-state index in [0.717, 1.165) is 23.1 Å². The normalized spacial score (nSPS) is 15.1. The van der Waals surface area contributed by atoms with E-state index in [2.05, 4.69) is 0 Å². The predicted molar refractivity (Wildman–Crippen MR) is 130 cm³/mol. The number of benzene rings is 2. The van der Waals surface area contributed by atoms with Gasteiger partial charge in [-0.1, -0.05) is 19.1 Å². The maximum absolute atomic E-state index is 13.8. The second kappa shape index (κ2) is 9.89. The van der Waals surface area contributed by atoms with Gasteiger partial charge in [0, 0.05) is 13.7 Å². The maximum Gasteiger partial charge on any atom is 0.290 e. The van der Waals surface area contributed by atoms with Gasteiger partial charge in [0.15, 0.2) is 16.9 Å². The van der Waals surface area contributed by atoms with E-state index in [4.69, 9.17) is 18.6 Å². The number of methoxy groups -OCH3 is 1. The van der Waals surface area contributed by atoms with Crippen LogP contribution in [0.15, 0.2) is 39.5 Å². The summed E-state index contributed by atoms with van der Waals surface area (Å²) in [6, 6.07) is 8.72. The van der Waals surface area contributed by atoms with E-state index in [1.807, 2.05) is 58.0 Å². The van der Waals surface area contributed by atoms with Gasteiger partial charge in [-0.3, -0.25) is 9.59 Å². The van der Waals surface area contributed by atoms with Crippen LogP contribution in [0, 0.1) is 13.8 Å². The highest BCUT2D eigenvalue weighted by atomic mass is 16.5. The van der Waals surface area contributed by atoms with Gasteiger partial charge in [0.1, 0.15) is 5.58 Å². The standard InChI is InChI=1S/C27H31NO6/c1-6-11-33-20-9-8-18(15-21(20)32-7-2)23-22-24(29)19-14-16(3)13-17(4)25(19)34-26(22)27(30)28(23)10-12-31-5/h8-9,13-15,23H,6-7,10-12H2,1-5H3. The predicted octanol–water partition coefficient (Wildman–Crippen LogP) is 4.79.